The van der Waals surface area contributed by atoms with E-state index in [0.29, 0.717) is 6.04 Å². The molecule has 3 N–H and O–H groups in total. The monoisotopic (exact) mass is 302 g/mol. The first-order chi connectivity index (χ1) is 10.7. The number of piperidine rings is 1. The van der Waals surface area contributed by atoms with Crippen LogP contribution in [0.1, 0.15) is 42.1 Å². The Morgan fingerprint density at radius 3 is 3.18 bits per heavy atom. The van der Waals surface area contributed by atoms with E-state index in [2.05, 4.69) is 27.8 Å². The number of carbonyl (C=O) groups is 1. The van der Waals surface area contributed by atoms with Crippen LogP contribution >= 0.6 is 0 Å². The third-order valence-corrected chi connectivity index (χ3v) is 4.72. The Morgan fingerprint density at radius 2 is 2.32 bits per heavy atom. The van der Waals surface area contributed by atoms with E-state index in [1.807, 2.05) is 18.2 Å². The minimum absolute atomic E-state index is 0.0211. The fourth-order valence-corrected chi connectivity index (χ4v) is 3.30. The van der Waals surface area contributed by atoms with Gasteiger partial charge in [0.1, 0.15) is 0 Å². The lowest BCUT2D eigenvalue weighted by Gasteiger charge is -2.33. The molecule has 0 aliphatic carbocycles. The van der Waals surface area contributed by atoms with E-state index in [-0.39, 0.29) is 5.91 Å². The van der Waals surface area contributed by atoms with Crippen LogP contribution in [0.15, 0.2) is 18.2 Å². The van der Waals surface area contributed by atoms with Crippen molar-refractivity contribution < 1.29 is 4.79 Å². The van der Waals surface area contributed by atoms with Gasteiger partial charge in [0.15, 0.2) is 0 Å². The van der Waals surface area contributed by atoms with E-state index >= 15 is 0 Å². The number of nitrogens with one attached hydrogen (secondary N) is 3. The van der Waals surface area contributed by atoms with Gasteiger partial charge in [-0.2, -0.15) is 0 Å². The molecular formula is C17H26N4O. The summed E-state index contributed by atoms with van der Waals surface area (Å²) in [6.07, 6.45) is 3.89. The van der Waals surface area contributed by atoms with Crippen molar-refractivity contribution in [2.24, 2.45) is 0 Å². The molecule has 1 atom stereocenters. The molecule has 2 aliphatic rings. The Hall–Kier alpha value is -1.59. The second kappa shape index (κ2) is 7.11. The van der Waals surface area contributed by atoms with E-state index < -0.39 is 0 Å². The van der Waals surface area contributed by atoms with Gasteiger partial charge in [-0.05, 0) is 44.0 Å². The molecule has 22 heavy (non-hydrogen) atoms. The number of benzene rings is 1. The molecule has 3 rings (SSSR count). The molecular weight excluding hydrogens is 276 g/mol. The topological polar surface area (TPSA) is 56.4 Å². The molecule has 1 aromatic carbocycles. The van der Waals surface area contributed by atoms with Crippen LogP contribution < -0.4 is 16.0 Å². The van der Waals surface area contributed by atoms with Gasteiger partial charge >= 0.3 is 0 Å². The molecule has 1 amide bonds. The summed E-state index contributed by atoms with van der Waals surface area (Å²) in [6, 6.07) is 6.53. The highest BCUT2D eigenvalue weighted by Crippen LogP contribution is 2.20. The van der Waals surface area contributed by atoms with Gasteiger partial charge in [0.25, 0.3) is 5.91 Å². The minimum atomic E-state index is 0.0211. The Labute approximate surface area is 132 Å². The number of likely N-dealkylation sites (tertiary alicyclic amines) is 1. The van der Waals surface area contributed by atoms with Crippen molar-refractivity contribution in [2.45, 2.75) is 38.8 Å². The Bertz CT molecular complexity index is 531. The normalized spacial score (nSPS) is 21.8. The zero-order chi connectivity index (χ0) is 15.4. The van der Waals surface area contributed by atoms with Crippen molar-refractivity contribution in [2.75, 3.05) is 31.6 Å². The number of hydrogen-bond donors (Lipinski definition) is 3. The zero-order valence-corrected chi connectivity index (χ0v) is 13.3. The van der Waals surface area contributed by atoms with Gasteiger partial charge in [0.2, 0.25) is 0 Å². The summed E-state index contributed by atoms with van der Waals surface area (Å²) in [4.78, 5) is 14.8. The third-order valence-electron chi connectivity index (χ3n) is 4.72. The van der Waals surface area contributed by atoms with Crippen molar-refractivity contribution in [3.05, 3.63) is 29.3 Å². The molecule has 0 saturated carbocycles. The summed E-state index contributed by atoms with van der Waals surface area (Å²) in [5.74, 6) is 0.0211. The lowest BCUT2D eigenvalue weighted by Crippen LogP contribution is -2.42. The van der Waals surface area contributed by atoms with Gasteiger partial charge in [0.05, 0.1) is 6.67 Å². The highest BCUT2D eigenvalue weighted by atomic mass is 16.1. The Kier molecular flexibility index (Phi) is 4.95. The quantitative estimate of drug-likeness (QED) is 0.793. The second-order valence-corrected chi connectivity index (χ2v) is 6.29. The number of hydrogen-bond acceptors (Lipinski definition) is 4. The van der Waals surface area contributed by atoms with Crippen LogP contribution in [0.5, 0.6) is 0 Å². The van der Waals surface area contributed by atoms with Crippen LogP contribution in [-0.2, 0) is 6.54 Å². The molecule has 0 bridgehead atoms. The molecule has 2 heterocycles. The number of nitrogens with zero attached hydrogens (tertiary/aromatic N) is 1. The van der Waals surface area contributed by atoms with Crippen LogP contribution in [0.3, 0.4) is 0 Å². The number of carbonyl (C=O) groups excluding carboxylic acids is 1. The fourth-order valence-electron chi connectivity index (χ4n) is 3.30. The molecule has 5 heteroatoms. The van der Waals surface area contributed by atoms with Crippen molar-refractivity contribution in [1.29, 1.82) is 0 Å². The van der Waals surface area contributed by atoms with Crippen LogP contribution in [0.4, 0.5) is 5.69 Å². The van der Waals surface area contributed by atoms with Crippen LogP contribution in [-0.4, -0.2) is 43.2 Å². The molecule has 2 aliphatic heterocycles. The predicted octanol–water partition coefficient (Wildman–Crippen LogP) is 1.76. The van der Waals surface area contributed by atoms with Gasteiger partial charge in [0, 0.05) is 36.9 Å². The van der Waals surface area contributed by atoms with Gasteiger partial charge in [-0.3, -0.25) is 15.0 Å². The number of anilines is 1. The lowest BCUT2D eigenvalue weighted by atomic mass is 10.0. The summed E-state index contributed by atoms with van der Waals surface area (Å²) in [5, 5.41) is 9.57. The predicted molar refractivity (Wildman–Crippen MR) is 89.0 cm³/mol. The Balaban J connectivity index is 1.51. The van der Waals surface area contributed by atoms with Crippen LogP contribution in [0.25, 0.3) is 0 Å². The average Bonchev–Trinajstić information content (AvgIpc) is 2.56. The number of fused-ring (bicyclic) bond motifs is 1. The first-order valence-corrected chi connectivity index (χ1v) is 8.34. The van der Waals surface area contributed by atoms with Crippen molar-refractivity contribution in [3.63, 3.8) is 0 Å². The first-order valence-electron chi connectivity index (χ1n) is 8.34. The summed E-state index contributed by atoms with van der Waals surface area (Å²) >= 11 is 0. The van der Waals surface area contributed by atoms with E-state index in [9.17, 15) is 4.79 Å². The van der Waals surface area contributed by atoms with E-state index in [1.165, 1.54) is 24.8 Å². The summed E-state index contributed by atoms with van der Waals surface area (Å²) < 4.78 is 0. The van der Waals surface area contributed by atoms with E-state index in [4.69, 9.17) is 0 Å². The molecule has 1 fully saturated rings. The molecule has 1 saturated heterocycles. The van der Waals surface area contributed by atoms with Crippen LogP contribution in [0, 0.1) is 0 Å². The van der Waals surface area contributed by atoms with Crippen LogP contribution in [0.2, 0.25) is 0 Å². The molecule has 120 valence electrons. The number of rotatable bonds is 4. The molecule has 5 nitrogen and oxygen atoms in total. The van der Waals surface area contributed by atoms with Crippen molar-refractivity contribution in [1.82, 2.24) is 15.5 Å². The SMILES string of the molecule is CC1CCCCN1CCNC(=O)c1ccc2c(c1)NCNC2. The van der Waals surface area contributed by atoms with Gasteiger partial charge in [-0.1, -0.05) is 12.5 Å². The molecule has 1 aromatic rings. The highest BCUT2D eigenvalue weighted by molar-refractivity contribution is 5.95. The largest absolute Gasteiger partial charge is 0.372 e. The molecule has 0 spiro atoms. The first kappa shape index (κ1) is 15.3. The fraction of sp³-hybridized carbons (Fsp3) is 0.588. The maximum Gasteiger partial charge on any atom is 0.251 e. The van der Waals surface area contributed by atoms with Gasteiger partial charge in [-0.25, -0.2) is 0 Å². The van der Waals surface area contributed by atoms with Gasteiger partial charge in [-0.15, -0.1) is 0 Å². The summed E-state index contributed by atoms with van der Waals surface area (Å²) in [7, 11) is 0. The summed E-state index contributed by atoms with van der Waals surface area (Å²) in [6.45, 7) is 6.72. The third kappa shape index (κ3) is 3.59. The van der Waals surface area contributed by atoms with Crippen molar-refractivity contribution in [3.8, 4) is 0 Å². The second-order valence-electron chi connectivity index (χ2n) is 6.29. The van der Waals surface area contributed by atoms with Gasteiger partial charge < -0.3 is 10.6 Å². The lowest BCUT2D eigenvalue weighted by molar-refractivity contribution is 0.0938. The maximum absolute atomic E-state index is 12.3. The smallest absolute Gasteiger partial charge is 0.251 e. The number of amides is 1. The minimum Gasteiger partial charge on any atom is -0.372 e. The molecule has 0 aromatic heterocycles. The summed E-state index contributed by atoms with van der Waals surface area (Å²) in [5.41, 5.74) is 3.01. The molecule has 0 radical (unpaired) electrons. The average molecular weight is 302 g/mol. The molecule has 1 unspecified atom stereocenters. The van der Waals surface area contributed by atoms with Crippen molar-refractivity contribution >= 4 is 11.6 Å². The zero-order valence-electron chi connectivity index (χ0n) is 13.3. The Morgan fingerprint density at radius 1 is 1.41 bits per heavy atom. The highest BCUT2D eigenvalue weighted by Gasteiger charge is 2.18. The maximum atomic E-state index is 12.3. The standard InChI is InChI=1S/C17H26N4O/c1-13-4-2-3-8-21(13)9-7-19-17(22)14-5-6-15-11-18-12-20-16(15)10-14/h5-6,10,13,18,20H,2-4,7-9,11-12H2,1H3,(H,19,22). The van der Waals surface area contributed by atoms with E-state index in [1.54, 1.807) is 0 Å². The van der Waals surface area contributed by atoms with E-state index in [0.717, 1.165) is 44.1 Å².